The second-order valence-electron chi connectivity index (χ2n) is 5.29. The number of hydrogen-bond acceptors (Lipinski definition) is 3. The first kappa shape index (κ1) is 16.3. The number of amides is 1. The zero-order chi connectivity index (χ0) is 15.3. The van der Waals surface area contributed by atoms with Crippen LogP contribution in [0.4, 0.5) is 13.2 Å². The van der Waals surface area contributed by atoms with E-state index < -0.39 is 12.1 Å². The van der Waals surface area contributed by atoms with Gasteiger partial charge in [-0.15, -0.1) is 11.3 Å². The summed E-state index contributed by atoms with van der Waals surface area (Å²) >= 11 is 1.36. The normalized spacial score (nSPS) is 23.0. The van der Waals surface area contributed by atoms with Gasteiger partial charge in [0.1, 0.15) is 0 Å². The number of rotatable bonds is 5. The first-order chi connectivity index (χ1) is 9.97. The van der Waals surface area contributed by atoms with Crippen LogP contribution in [-0.4, -0.2) is 31.2 Å². The Kier molecular flexibility index (Phi) is 5.64. The van der Waals surface area contributed by atoms with Gasteiger partial charge in [-0.3, -0.25) is 4.79 Å². The van der Waals surface area contributed by atoms with Gasteiger partial charge >= 0.3 is 6.18 Å². The molecule has 0 saturated heterocycles. The van der Waals surface area contributed by atoms with E-state index in [1.54, 1.807) is 12.1 Å². The van der Waals surface area contributed by atoms with Crippen molar-refractivity contribution in [3.05, 3.63) is 22.4 Å². The van der Waals surface area contributed by atoms with Gasteiger partial charge in [-0.1, -0.05) is 12.5 Å². The van der Waals surface area contributed by atoms with Gasteiger partial charge < -0.3 is 10.6 Å². The van der Waals surface area contributed by atoms with E-state index in [1.165, 1.54) is 11.3 Å². The number of carbonyl (C=O) groups is 1. The van der Waals surface area contributed by atoms with Crippen LogP contribution >= 0.6 is 11.3 Å². The van der Waals surface area contributed by atoms with Crippen LogP contribution in [0.2, 0.25) is 0 Å². The van der Waals surface area contributed by atoms with Gasteiger partial charge in [-0.2, -0.15) is 13.2 Å². The molecule has 118 valence electrons. The van der Waals surface area contributed by atoms with Gasteiger partial charge in [0.15, 0.2) is 0 Å². The Morgan fingerprint density at radius 2 is 2.14 bits per heavy atom. The summed E-state index contributed by atoms with van der Waals surface area (Å²) in [6, 6.07) is 3.43. The molecule has 3 nitrogen and oxygen atoms in total. The highest BCUT2D eigenvalue weighted by atomic mass is 32.1. The predicted molar refractivity (Wildman–Crippen MR) is 76.5 cm³/mol. The number of thiophene rings is 1. The number of nitrogens with one attached hydrogen (secondary N) is 2. The fraction of sp³-hybridized carbons (Fsp3) is 0.643. The van der Waals surface area contributed by atoms with E-state index in [9.17, 15) is 18.0 Å². The van der Waals surface area contributed by atoms with E-state index in [2.05, 4.69) is 10.6 Å². The second-order valence-corrected chi connectivity index (χ2v) is 6.24. The average Bonchev–Trinajstić information content (AvgIpc) is 2.97. The third-order valence-corrected chi connectivity index (χ3v) is 4.59. The Morgan fingerprint density at radius 1 is 1.33 bits per heavy atom. The lowest BCUT2D eigenvalue weighted by Gasteiger charge is -2.31. The molecule has 7 heteroatoms. The Hall–Kier alpha value is -1.08. The van der Waals surface area contributed by atoms with Crippen molar-refractivity contribution in [2.24, 2.45) is 5.92 Å². The van der Waals surface area contributed by atoms with Crippen LogP contribution in [0.3, 0.4) is 0 Å². The molecule has 1 heterocycles. The lowest BCUT2D eigenvalue weighted by molar-refractivity contribution is -0.183. The quantitative estimate of drug-likeness (QED) is 0.818. The maximum absolute atomic E-state index is 12.7. The zero-order valence-corrected chi connectivity index (χ0v) is 12.4. The maximum Gasteiger partial charge on any atom is 0.391 e. The molecule has 1 amide bonds. The highest BCUT2D eigenvalue weighted by Crippen LogP contribution is 2.37. The average molecular weight is 320 g/mol. The van der Waals surface area contributed by atoms with Gasteiger partial charge in [-0.05, 0) is 30.7 Å². The summed E-state index contributed by atoms with van der Waals surface area (Å²) < 4.78 is 38.0. The molecule has 0 unspecified atom stereocenters. The summed E-state index contributed by atoms with van der Waals surface area (Å²) in [6.07, 6.45) is -2.35. The van der Waals surface area contributed by atoms with E-state index in [1.807, 2.05) is 5.38 Å². The Morgan fingerprint density at radius 3 is 2.81 bits per heavy atom. The number of alkyl halides is 3. The van der Waals surface area contributed by atoms with Crippen LogP contribution in [0.1, 0.15) is 35.4 Å². The lowest BCUT2D eigenvalue weighted by atomic mass is 9.85. The molecule has 0 spiro atoms. The summed E-state index contributed by atoms with van der Waals surface area (Å²) in [5, 5.41) is 7.69. The fourth-order valence-electron chi connectivity index (χ4n) is 2.62. The Labute approximate surface area is 125 Å². The molecule has 1 aliphatic carbocycles. The minimum atomic E-state index is -4.09. The monoisotopic (exact) mass is 320 g/mol. The topological polar surface area (TPSA) is 41.1 Å². The summed E-state index contributed by atoms with van der Waals surface area (Å²) in [5.41, 5.74) is 0. The summed E-state index contributed by atoms with van der Waals surface area (Å²) in [7, 11) is 0. The van der Waals surface area contributed by atoms with Gasteiger partial charge in [0.05, 0.1) is 10.8 Å². The molecule has 2 rings (SSSR count). The number of carbonyl (C=O) groups excluding carboxylic acids is 1. The maximum atomic E-state index is 12.7. The molecular formula is C14H19F3N2OS. The molecule has 0 aromatic carbocycles. The Balaban J connectivity index is 1.65. The van der Waals surface area contributed by atoms with Crippen LogP contribution in [0.15, 0.2) is 17.5 Å². The lowest BCUT2D eigenvalue weighted by Crippen LogP contribution is -2.41. The van der Waals surface area contributed by atoms with Crippen LogP contribution < -0.4 is 10.6 Å². The fourth-order valence-corrected chi connectivity index (χ4v) is 3.26. The third-order valence-electron chi connectivity index (χ3n) is 3.73. The van der Waals surface area contributed by atoms with E-state index in [0.717, 1.165) is 6.42 Å². The van der Waals surface area contributed by atoms with Crippen molar-refractivity contribution >= 4 is 17.2 Å². The van der Waals surface area contributed by atoms with Crippen LogP contribution in [0.5, 0.6) is 0 Å². The molecule has 0 radical (unpaired) electrons. The van der Waals surface area contributed by atoms with E-state index in [-0.39, 0.29) is 24.8 Å². The van der Waals surface area contributed by atoms with Gasteiger partial charge in [0.2, 0.25) is 0 Å². The first-order valence-electron chi connectivity index (χ1n) is 7.08. The Bertz CT molecular complexity index is 448. The van der Waals surface area contributed by atoms with Crippen molar-refractivity contribution < 1.29 is 18.0 Å². The van der Waals surface area contributed by atoms with E-state index in [4.69, 9.17) is 0 Å². The van der Waals surface area contributed by atoms with Crippen molar-refractivity contribution in [2.45, 2.75) is 37.9 Å². The van der Waals surface area contributed by atoms with Crippen molar-refractivity contribution in [1.82, 2.24) is 10.6 Å². The minimum absolute atomic E-state index is 0.107. The highest BCUT2D eigenvalue weighted by Gasteiger charge is 2.41. The van der Waals surface area contributed by atoms with E-state index in [0.29, 0.717) is 24.4 Å². The molecule has 0 aliphatic heterocycles. The molecule has 0 bridgehead atoms. The molecule has 2 N–H and O–H groups in total. The molecule has 1 fully saturated rings. The second kappa shape index (κ2) is 7.26. The molecular weight excluding hydrogens is 301 g/mol. The molecule has 2 atom stereocenters. The van der Waals surface area contributed by atoms with Crippen molar-refractivity contribution in [3.8, 4) is 0 Å². The first-order valence-corrected chi connectivity index (χ1v) is 7.96. The van der Waals surface area contributed by atoms with Crippen LogP contribution in [0, 0.1) is 5.92 Å². The van der Waals surface area contributed by atoms with E-state index >= 15 is 0 Å². The van der Waals surface area contributed by atoms with Crippen LogP contribution in [0.25, 0.3) is 0 Å². The zero-order valence-electron chi connectivity index (χ0n) is 11.6. The standard InChI is InChI=1S/C14H19F3N2OS/c15-14(16,17)10-3-1-4-11(9-10)18-6-7-19-13(20)12-5-2-8-21-12/h2,5,8,10-11,18H,1,3-4,6-7,9H2,(H,19,20)/t10-,11+/m1/s1. The van der Waals surface area contributed by atoms with Crippen LogP contribution in [-0.2, 0) is 0 Å². The smallest absolute Gasteiger partial charge is 0.350 e. The van der Waals surface area contributed by atoms with Crippen molar-refractivity contribution in [2.75, 3.05) is 13.1 Å². The predicted octanol–water partition coefficient (Wildman–Crippen LogP) is 3.19. The molecule has 1 aliphatic rings. The molecule has 1 aromatic rings. The van der Waals surface area contributed by atoms with Crippen molar-refractivity contribution in [1.29, 1.82) is 0 Å². The summed E-state index contributed by atoms with van der Waals surface area (Å²) in [4.78, 5) is 12.3. The largest absolute Gasteiger partial charge is 0.391 e. The SMILES string of the molecule is O=C(NCCN[C@H]1CCC[C@@H](C(F)(F)F)C1)c1cccs1. The minimum Gasteiger partial charge on any atom is -0.350 e. The molecule has 1 aromatic heterocycles. The molecule has 21 heavy (non-hydrogen) atoms. The number of halogens is 3. The summed E-state index contributed by atoms with van der Waals surface area (Å²) in [5.74, 6) is -1.33. The summed E-state index contributed by atoms with van der Waals surface area (Å²) in [6.45, 7) is 0.913. The van der Waals surface area contributed by atoms with Gasteiger partial charge in [0.25, 0.3) is 5.91 Å². The highest BCUT2D eigenvalue weighted by molar-refractivity contribution is 7.12. The van der Waals surface area contributed by atoms with Gasteiger partial charge in [-0.25, -0.2) is 0 Å². The third kappa shape index (κ3) is 5.00. The number of hydrogen-bond donors (Lipinski definition) is 2. The van der Waals surface area contributed by atoms with Crippen molar-refractivity contribution in [3.63, 3.8) is 0 Å². The molecule has 1 saturated carbocycles. The van der Waals surface area contributed by atoms with Gasteiger partial charge in [0, 0.05) is 19.1 Å².